The molecule has 1 aromatic carbocycles. The highest BCUT2D eigenvalue weighted by molar-refractivity contribution is 9.10. The summed E-state index contributed by atoms with van der Waals surface area (Å²) in [5.41, 5.74) is 1.21. The van der Waals surface area contributed by atoms with Crippen LogP contribution in [0, 0.1) is 5.92 Å². The smallest absolute Gasteiger partial charge is 0.0623 e. The van der Waals surface area contributed by atoms with E-state index in [9.17, 15) is 0 Å². The molecular weight excluding hydrogens is 326 g/mol. The summed E-state index contributed by atoms with van der Waals surface area (Å²) in [5.74, 6) is 0.628. The van der Waals surface area contributed by atoms with Gasteiger partial charge in [0.05, 0.1) is 12.2 Å². The molecule has 2 aliphatic rings. The van der Waals surface area contributed by atoms with Gasteiger partial charge in [-0.3, -0.25) is 0 Å². The van der Waals surface area contributed by atoms with Crippen LogP contribution >= 0.6 is 27.5 Å². The molecule has 2 heterocycles. The maximum atomic E-state index is 6.33. The molecule has 0 radical (unpaired) electrons. The van der Waals surface area contributed by atoms with E-state index in [4.69, 9.17) is 16.3 Å². The molecule has 2 saturated heterocycles. The Morgan fingerprint density at radius 3 is 2.89 bits per heavy atom. The van der Waals surface area contributed by atoms with Crippen LogP contribution in [0.4, 0.5) is 0 Å². The van der Waals surface area contributed by atoms with E-state index in [1.165, 1.54) is 24.8 Å². The molecule has 2 aliphatic heterocycles. The third-order valence-corrected chi connectivity index (χ3v) is 5.34. The Labute approximate surface area is 128 Å². The summed E-state index contributed by atoms with van der Waals surface area (Å²) >= 11 is 9.78. The van der Waals surface area contributed by atoms with Gasteiger partial charge in [0.25, 0.3) is 0 Å². The molecule has 0 spiro atoms. The Balaban J connectivity index is 1.73. The molecule has 1 N–H and O–H groups in total. The lowest BCUT2D eigenvalue weighted by Crippen LogP contribution is -2.40. The van der Waals surface area contributed by atoms with Gasteiger partial charge in [0.15, 0.2) is 0 Å². The van der Waals surface area contributed by atoms with Crippen molar-refractivity contribution in [1.82, 2.24) is 5.32 Å². The van der Waals surface area contributed by atoms with Crippen LogP contribution in [0.2, 0.25) is 5.02 Å². The number of rotatable bonds is 4. The maximum Gasteiger partial charge on any atom is 0.0623 e. The van der Waals surface area contributed by atoms with Crippen molar-refractivity contribution in [3.63, 3.8) is 0 Å². The van der Waals surface area contributed by atoms with Gasteiger partial charge in [0, 0.05) is 21.5 Å². The van der Waals surface area contributed by atoms with Gasteiger partial charge in [-0.1, -0.05) is 33.6 Å². The summed E-state index contributed by atoms with van der Waals surface area (Å²) in [6.07, 6.45) is 5.60. The van der Waals surface area contributed by atoms with Crippen molar-refractivity contribution in [3.05, 3.63) is 33.3 Å². The molecule has 4 unspecified atom stereocenters. The quantitative estimate of drug-likeness (QED) is 0.897. The first-order chi connectivity index (χ1) is 9.17. The minimum atomic E-state index is 0.453. The minimum absolute atomic E-state index is 0.453. The first-order valence-corrected chi connectivity index (χ1v) is 8.11. The fourth-order valence-corrected chi connectivity index (χ4v) is 4.24. The van der Waals surface area contributed by atoms with Crippen LogP contribution in [-0.2, 0) is 11.2 Å². The minimum Gasteiger partial charge on any atom is -0.375 e. The van der Waals surface area contributed by atoms with Gasteiger partial charge in [-0.2, -0.15) is 0 Å². The van der Waals surface area contributed by atoms with E-state index >= 15 is 0 Å². The first kappa shape index (κ1) is 13.9. The van der Waals surface area contributed by atoms with E-state index in [0.29, 0.717) is 24.2 Å². The van der Waals surface area contributed by atoms with Crippen molar-refractivity contribution >= 4 is 27.5 Å². The van der Waals surface area contributed by atoms with Crippen LogP contribution in [0.15, 0.2) is 22.7 Å². The molecule has 104 valence electrons. The van der Waals surface area contributed by atoms with Crippen molar-refractivity contribution in [1.29, 1.82) is 0 Å². The van der Waals surface area contributed by atoms with Crippen LogP contribution in [-0.4, -0.2) is 25.3 Å². The second-order valence-electron chi connectivity index (χ2n) is 5.61. The van der Waals surface area contributed by atoms with Gasteiger partial charge in [-0.05, 0) is 50.4 Å². The Morgan fingerprint density at radius 1 is 1.47 bits per heavy atom. The van der Waals surface area contributed by atoms with Crippen LogP contribution in [0.5, 0.6) is 0 Å². The summed E-state index contributed by atoms with van der Waals surface area (Å²) in [5, 5.41) is 4.31. The number of hydrogen-bond acceptors (Lipinski definition) is 2. The maximum absolute atomic E-state index is 6.33. The van der Waals surface area contributed by atoms with E-state index in [1.807, 2.05) is 13.1 Å². The van der Waals surface area contributed by atoms with Gasteiger partial charge < -0.3 is 10.1 Å². The molecule has 4 atom stereocenters. The van der Waals surface area contributed by atoms with Gasteiger partial charge in [0.1, 0.15) is 0 Å². The normalized spacial score (nSPS) is 30.8. The third kappa shape index (κ3) is 2.85. The molecule has 19 heavy (non-hydrogen) atoms. The zero-order valence-corrected chi connectivity index (χ0v) is 13.4. The van der Waals surface area contributed by atoms with Crippen LogP contribution < -0.4 is 5.32 Å². The zero-order valence-electron chi connectivity index (χ0n) is 11.0. The second kappa shape index (κ2) is 5.72. The van der Waals surface area contributed by atoms with Crippen molar-refractivity contribution in [2.75, 3.05) is 7.05 Å². The van der Waals surface area contributed by atoms with Crippen LogP contribution in [0.1, 0.15) is 24.8 Å². The van der Waals surface area contributed by atoms with Crippen LogP contribution in [0.25, 0.3) is 0 Å². The number of ether oxygens (including phenoxy) is 1. The number of fused-ring (bicyclic) bond motifs is 2. The Hall–Kier alpha value is -0.0900. The summed E-state index contributed by atoms with van der Waals surface area (Å²) in [6.45, 7) is 0. The second-order valence-corrected chi connectivity index (χ2v) is 6.93. The average Bonchev–Trinajstić information content (AvgIpc) is 3.00. The summed E-state index contributed by atoms with van der Waals surface area (Å²) < 4.78 is 7.01. The number of halogens is 2. The Kier molecular flexibility index (Phi) is 4.18. The summed E-state index contributed by atoms with van der Waals surface area (Å²) in [7, 11) is 2.05. The number of nitrogens with one attached hydrogen (secondary N) is 1. The molecule has 0 aliphatic carbocycles. The Bertz CT molecular complexity index is 467. The summed E-state index contributed by atoms with van der Waals surface area (Å²) in [4.78, 5) is 0. The predicted molar refractivity (Wildman–Crippen MR) is 81.7 cm³/mol. The third-order valence-electron chi connectivity index (χ3n) is 4.50. The molecule has 0 amide bonds. The molecule has 3 rings (SSSR count). The standard InChI is InChI=1S/C15H19BrClNO/c1-18-14(12-8-11-4-5-15(12)19-11)6-9-2-3-10(16)7-13(9)17/h2-3,7,11-12,14-15,18H,4-6,8H2,1H3. The topological polar surface area (TPSA) is 21.3 Å². The number of benzene rings is 1. The fourth-order valence-electron chi connectivity index (χ4n) is 3.49. The number of likely N-dealkylation sites (N-methyl/N-ethyl adjacent to an activating group) is 1. The zero-order chi connectivity index (χ0) is 13.4. The molecule has 1 aromatic rings. The largest absolute Gasteiger partial charge is 0.375 e. The predicted octanol–water partition coefficient (Wildman–Crippen LogP) is 3.80. The monoisotopic (exact) mass is 343 g/mol. The lowest BCUT2D eigenvalue weighted by Gasteiger charge is -2.28. The highest BCUT2D eigenvalue weighted by atomic mass is 79.9. The SMILES string of the molecule is CNC(Cc1ccc(Br)cc1Cl)C1CC2CCC1O2. The van der Waals surface area contributed by atoms with E-state index in [0.717, 1.165) is 15.9 Å². The molecule has 0 saturated carbocycles. The van der Waals surface area contributed by atoms with Gasteiger partial charge in [-0.25, -0.2) is 0 Å². The molecule has 0 aromatic heterocycles. The molecule has 2 nitrogen and oxygen atoms in total. The molecule has 4 heteroatoms. The molecular formula is C15H19BrClNO. The van der Waals surface area contributed by atoms with Gasteiger partial charge in [0.2, 0.25) is 0 Å². The average molecular weight is 345 g/mol. The van der Waals surface area contributed by atoms with E-state index < -0.39 is 0 Å². The van der Waals surface area contributed by atoms with Crippen LogP contribution in [0.3, 0.4) is 0 Å². The first-order valence-electron chi connectivity index (χ1n) is 6.94. The number of hydrogen-bond donors (Lipinski definition) is 1. The van der Waals surface area contributed by atoms with Crippen molar-refractivity contribution in [2.24, 2.45) is 5.92 Å². The van der Waals surface area contributed by atoms with E-state index in [1.54, 1.807) is 0 Å². The highest BCUT2D eigenvalue weighted by Crippen LogP contribution is 2.41. The Morgan fingerprint density at radius 2 is 2.32 bits per heavy atom. The van der Waals surface area contributed by atoms with Crippen molar-refractivity contribution in [2.45, 2.75) is 43.9 Å². The van der Waals surface area contributed by atoms with E-state index in [-0.39, 0.29) is 0 Å². The summed E-state index contributed by atoms with van der Waals surface area (Å²) in [6, 6.07) is 6.60. The highest BCUT2D eigenvalue weighted by Gasteiger charge is 2.43. The fraction of sp³-hybridized carbons (Fsp3) is 0.600. The van der Waals surface area contributed by atoms with E-state index in [2.05, 4.69) is 33.4 Å². The van der Waals surface area contributed by atoms with Gasteiger partial charge in [-0.15, -0.1) is 0 Å². The molecule has 2 fully saturated rings. The molecule has 2 bridgehead atoms. The van der Waals surface area contributed by atoms with Gasteiger partial charge >= 0.3 is 0 Å². The lowest BCUT2D eigenvalue weighted by atomic mass is 9.81. The lowest BCUT2D eigenvalue weighted by molar-refractivity contribution is 0.0863. The van der Waals surface area contributed by atoms with Crippen molar-refractivity contribution in [3.8, 4) is 0 Å². The van der Waals surface area contributed by atoms with Crippen molar-refractivity contribution < 1.29 is 4.74 Å².